The van der Waals surface area contributed by atoms with E-state index in [0.29, 0.717) is 32.7 Å². The normalized spacial score (nSPS) is 14.3. The fraction of sp³-hybridized carbons (Fsp3) is 0.474. The lowest BCUT2D eigenvalue weighted by Gasteiger charge is -2.34. The van der Waals surface area contributed by atoms with E-state index < -0.39 is 18.8 Å². The quantitative estimate of drug-likeness (QED) is 0.576. The largest absolute Gasteiger partial charge is 0.450 e. The third-order valence-corrected chi connectivity index (χ3v) is 4.99. The Morgan fingerprint density at radius 1 is 1.12 bits per heavy atom. The Hall–Kier alpha value is -2.83. The molecule has 2 heterocycles. The molecule has 0 radical (unpaired) electrons. The summed E-state index contributed by atoms with van der Waals surface area (Å²) in [5.41, 5.74) is 0.939. The summed E-state index contributed by atoms with van der Waals surface area (Å²) in [5.74, 6) is 0.189. The van der Waals surface area contributed by atoms with Crippen LogP contribution in [0.4, 0.5) is 35.8 Å². The van der Waals surface area contributed by atoms with Gasteiger partial charge in [-0.15, -0.1) is 0 Å². The molecule has 2 aromatic rings. The van der Waals surface area contributed by atoms with Crippen molar-refractivity contribution in [2.75, 3.05) is 54.9 Å². The van der Waals surface area contributed by atoms with Crippen molar-refractivity contribution >= 4 is 39.9 Å². The molecule has 0 aliphatic carbocycles. The predicted octanol–water partition coefficient (Wildman–Crippen LogP) is 3.50. The molecular formula is C19H23BrF3N7O2. The van der Waals surface area contributed by atoms with Crippen LogP contribution in [-0.4, -0.2) is 71.5 Å². The first-order valence-electron chi connectivity index (χ1n) is 9.95. The summed E-state index contributed by atoms with van der Waals surface area (Å²) < 4.78 is 43.9. The zero-order chi connectivity index (χ0) is 23.1. The van der Waals surface area contributed by atoms with E-state index in [9.17, 15) is 18.0 Å². The second-order valence-corrected chi connectivity index (χ2v) is 7.82. The Balaban J connectivity index is 1.73. The Labute approximate surface area is 191 Å². The number of aromatic nitrogens is 3. The van der Waals surface area contributed by atoms with Crippen molar-refractivity contribution < 1.29 is 22.7 Å². The minimum atomic E-state index is -4.41. The topological polar surface area (TPSA) is 95.5 Å². The van der Waals surface area contributed by atoms with Gasteiger partial charge in [-0.2, -0.15) is 28.1 Å². The molecule has 0 unspecified atom stereocenters. The van der Waals surface area contributed by atoms with E-state index in [2.05, 4.69) is 41.5 Å². The molecule has 1 aliphatic heterocycles. The van der Waals surface area contributed by atoms with Crippen LogP contribution in [0.25, 0.3) is 0 Å². The number of ether oxygens (including phenoxy) is 1. The van der Waals surface area contributed by atoms with Crippen LogP contribution in [0.3, 0.4) is 0 Å². The van der Waals surface area contributed by atoms with E-state index in [-0.39, 0.29) is 24.5 Å². The summed E-state index contributed by atoms with van der Waals surface area (Å²) in [5, 5.41) is 5.24. The Morgan fingerprint density at radius 2 is 1.81 bits per heavy atom. The molecule has 1 aromatic heterocycles. The first kappa shape index (κ1) is 23.8. The summed E-state index contributed by atoms with van der Waals surface area (Å²) in [6.45, 7) is 2.72. The molecule has 174 valence electrons. The van der Waals surface area contributed by atoms with Gasteiger partial charge >= 0.3 is 12.3 Å². The standard InChI is InChI=1S/C19H23BrF3N7O2/c1-2-32-18(31)30-8-6-29(7-9-30)17-27-15(24-11-13-4-3-5-14(20)10-13)26-16(28-17)25-12-19(21,22)23/h3-5,10H,2,6-9,11-12H2,1H3,(H2,24,25,26,27,28). The maximum absolute atomic E-state index is 12.7. The fourth-order valence-corrected chi connectivity index (χ4v) is 3.42. The number of carbonyl (C=O) groups excluding carboxylic acids is 1. The number of halogens is 4. The van der Waals surface area contributed by atoms with Crippen molar-refractivity contribution in [3.05, 3.63) is 34.3 Å². The monoisotopic (exact) mass is 517 g/mol. The molecule has 1 fully saturated rings. The molecule has 9 nitrogen and oxygen atoms in total. The first-order valence-corrected chi connectivity index (χ1v) is 10.7. The van der Waals surface area contributed by atoms with Gasteiger partial charge in [0.25, 0.3) is 0 Å². The molecule has 1 amide bonds. The minimum Gasteiger partial charge on any atom is -0.450 e. The predicted molar refractivity (Wildman–Crippen MR) is 117 cm³/mol. The van der Waals surface area contributed by atoms with Crippen LogP contribution in [0.2, 0.25) is 0 Å². The number of benzene rings is 1. The highest BCUT2D eigenvalue weighted by atomic mass is 79.9. The van der Waals surface area contributed by atoms with Gasteiger partial charge in [-0.25, -0.2) is 4.79 Å². The summed E-state index contributed by atoms with van der Waals surface area (Å²) in [6.07, 6.45) is -4.81. The van der Waals surface area contributed by atoms with Crippen LogP contribution in [0.1, 0.15) is 12.5 Å². The zero-order valence-corrected chi connectivity index (χ0v) is 18.9. The molecule has 1 aliphatic rings. The molecule has 2 N–H and O–H groups in total. The van der Waals surface area contributed by atoms with E-state index in [4.69, 9.17) is 4.74 Å². The number of alkyl halides is 3. The second kappa shape index (κ2) is 10.7. The van der Waals surface area contributed by atoms with Crippen molar-refractivity contribution in [2.45, 2.75) is 19.6 Å². The number of nitrogens with zero attached hydrogens (tertiary/aromatic N) is 5. The smallest absolute Gasteiger partial charge is 0.409 e. The highest BCUT2D eigenvalue weighted by molar-refractivity contribution is 9.10. The van der Waals surface area contributed by atoms with Crippen LogP contribution in [0.5, 0.6) is 0 Å². The zero-order valence-electron chi connectivity index (χ0n) is 17.3. The third-order valence-electron chi connectivity index (χ3n) is 4.50. The van der Waals surface area contributed by atoms with E-state index in [1.54, 1.807) is 16.7 Å². The van der Waals surface area contributed by atoms with Gasteiger partial charge in [0, 0.05) is 37.2 Å². The first-order chi connectivity index (χ1) is 15.2. The molecule has 32 heavy (non-hydrogen) atoms. The van der Waals surface area contributed by atoms with Crippen LogP contribution < -0.4 is 15.5 Å². The molecule has 3 rings (SSSR count). The Bertz CT molecular complexity index is 924. The average Bonchev–Trinajstić information content (AvgIpc) is 2.76. The highest BCUT2D eigenvalue weighted by Gasteiger charge is 2.28. The molecular weight excluding hydrogens is 495 g/mol. The maximum atomic E-state index is 12.7. The third kappa shape index (κ3) is 7.11. The van der Waals surface area contributed by atoms with Crippen molar-refractivity contribution in [2.24, 2.45) is 0 Å². The van der Waals surface area contributed by atoms with Crippen molar-refractivity contribution in [3.63, 3.8) is 0 Å². The van der Waals surface area contributed by atoms with Crippen molar-refractivity contribution in [3.8, 4) is 0 Å². The van der Waals surface area contributed by atoms with Crippen LogP contribution in [0, 0.1) is 0 Å². The number of amides is 1. The fourth-order valence-electron chi connectivity index (χ4n) is 2.98. The van der Waals surface area contributed by atoms with Gasteiger partial charge in [0.15, 0.2) is 0 Å². The van der Waals surface area contributed by atoms with E-state index in [0.717, 1.165) is 10.0 Å². The Kier molecular flexibility index (Phi) is 7.94. The van der Waals surface area contributed by atoms with Crippen LogP contribution in [0.15, 0.2) is 28.7 Å². The summed E-state index contributed by atoms with van der Waals surface area (Å²) in [7, 11) is 0. The minimum absolute atomic E-state index is 0.146. The number of nitrogens with one attached hydrogen (secondary N) is 2. The number of carbonyl (C=O) groups is 1. The van der Waals surface area contributed by atoms with Gasteiger partial charge in [-0.3, -0.25) is 0 Å². The highest BCUT2D eigenvalue weighted by Crippen LogP contribution is 2.20. The lowest BCUT2D eigenvalue weighted by molar-refractivity contribution is -0.115. The number of piperazine rings is 1. The van der Waals surface area contributed by atoms with Crippen LogP contribution >= 0.6 is 15.9 Å². The van der Waals surface area contributed by atoms with E-state index in [1.165, 1.54) is 0 Å². The lowest BCUT2D eigenvalue weighted by Crippen LogP contribution is -2.49. The lowest BCUT2D eigenvalue weighted by atomic mass is 10.2. The number of rotatable bonds is 7. The van der Waals surface area contributed by atoms with E-state index >= 15 is 0 Å². The van der Waals surface area contributed by atoms with Gasteiger partial charge in [-0.1, -0.05) is 28.1 Å². The molecule has 1 saturated heterocycles. The van der Waals surface area contributed by atoms with Gasteiger partial charge in [-0.05, 0) is 24.6 Å². The van der Waals surface area contributed by atoms with Gasteiger partial charge in [0.1, 0.15) is 6.54 Å². The SMILES string of the molecule is CCOC(=O)N1CCN(c2nc(NCc3cccc(Br)c3)nc(NCC(F)(F)F)n2)CC1. The van der Waals surface area contributed by atoms with Crippen LogP contribution in [-0.2, 0) is 11.3 Å². The summed E-state index contributed by atoms with van der Waals surface area (Å²) in [4.78, 5) is 27.8. The number of hydrogen-bond donors (Lipinski definition) is 2. The van der Waals surface area contributed by atoms with Gasteiger partial charge < -0.3 is 25.2 Å². The summed E-state index contributed by atoms with van der Waals surface area (Å²) >= 11 is 3.40. The molecule has 0 bridgehead atoms. The maximum Gasteiger partial charge on any atom is 0.409 e. The van der Waals surface area contributed by atoms with Crippen molar-refractivity contribution in [1.29, 1.82) is 0 Å². The molecule has 0 atom stereocenters. The number of hydrogen-bond acceptors (Lipinski definition) is 8. The molecule has 1 aromatic carbocycles. The van der Waals surface area contributed by atoms with Crippen molar-refractivity contribution in [1.82, 2.24) is 19.9 Å². The average molecular weight is 518 g/mol. The molecule has 0 spiro atoms. The van der Waals surface area contributed by atoms with Gasteiger partial charge in [0.05, 0.1) is 6.61 Å². The molecule has 13 heteroatoms. The Morgan fingerprint density at radius 3 is 2.44 bits per heavy atom. The molecule has 0 saturated carbocycles. The summed E-state index contributed by atoms with van der Waals surface area (Å²) in [6, 6.07) is 7.57. The second-order valence-electron chi connectivity index (χ2n) is 6.91. The number of anilines is 3. The van der Waals surface area contributed by atoms with Gasteiger partial charge in [0.2, 0.25) is 17.8 Å². The van der Waals surface area contributed by atoms with E-state index in [1.807, 2.05) is 24.3 Å².